The number of aromatic nitrogens is 3. The zero-order chi connectivity index (χ0) is 30.4. The first kappa shape index (κ1) is 28.9. The lowest BCUT2D eigenvalue weighted by molar-refractivity contribution is -0.139. The molecule has 0 fully saturated rings. The highest BCUT2D eigenvalue weighted by Gasteiger charge is 2.39. The van der Waals surface area contributed by atoms with E-state index in [0.29, 0.717) is 21.8 Å². The van der Waals surface area contributed by atoms with Gasteiger partial charge in [-0.05, 0) is 64.2 Å². The number of hydrogen-bond donors (Lipinski definition) is 2. The van der Waals surface area contributed by atoms with Crippen LogP contribution in [-0.2, 0) is 16.8 Å². The lowest BCUT2D eigenvalue weighted by Gasteiger charge is -2.39. The van der Waals surface area contributed by atoms with Gasteiger partial charge in [0, 0.05) is 5.02 Å². The minimum absolute atomic E-state index is 0.114. The Kier molecular flexibility index (Phi) is 8.54. The zero-order valence-electron chi connectivity index (χ0n) is 23.6. The van der Waals surface area contributed by atoms with E-state index in [1.165, 1.54) is 4.85 Å². The van der Waals surface area contributed by atoms with Crippen molar-refractivity contribution in [2.45, 2.75) is 18.0 Å². The summed E-state index contributed by atoms with van der Waals surface area (Å²) in [7, 11) is 0. The van der Waals surface area contributed by atoms with E-state index in [-0.39, 0.29) is 13.2 Å². The van der Waals surface area contributed by atoms with Crippen molar-refractivity contribution in [1.29, 1.82) is 0 Å². The van der Waals surface area contributed by atoms with Crippen LogP contribution in [0.3, 0.4) is 0 Å². The van der Waals surface area contributed by atoms with Gasteiger partial charge in [0.05, 0.1) is 5.54 Å². The van der Waals surface area contributed by atoms with E-state index in [1.54, 1.807) is 30.3 Å². The molecule has 44 heavy (non-hydrogen) atoms. The van der Waals surface area contributed by atoms with Gasteiger partial charge in [-0.1, -0.05) is 120 Å². The van der Waals surface area contributed by atoms with Gasteiger partial charge < -0.3 is 14.7 Å². The molecule has 0 amide bonds. The Balaban J connectivity index is 1.22. The van der Waals surface area contributed by atoms with Crippen LogP contribution in [0.2, 0.25) is 5.02 Å². The van der Waals surface area contributed by atoms with Crippen molar-refractivity contribution in [3.8, 4) is 5.75 Å². The maximum atomic E-state index is 12.8. The van der Waals surface area contributed by atoms with E-state index in [2.05, 4.69) is 15.6 Å². The number of nitrogens with one attached hydrogen (secondary N) is 1. The largest absolute Gasteiger partial charge is 0.480 e. The smallest absolute Gasteiger partial charge is 0.321 e. The molecular weight excluding hydrogens is 576 g/mol. The second-order valence-electron chi connectivity index (χ2n) is 10.2. The molecule has 9 heteroatoms. The van der Waals surface area contributed by atoms with Crippen molar-refractivity contribution in [3.05, 3.63) is 161 Å². The number of aliphatic carboxylic acids is 1. The fraction of sp³-hybridized carbons (Fsp3) is 0.114. The molecule has 8 nitrogen and oxygen atoms in total. The quantitative estimate of drug-likeness (QED) is 0.128. The minimum Gasteiger partial charge on any atom is -0.480 e. The molecule has 0 aliphatic carbocycles. The predicted octanol–water partition coefficient (Wildman–Crippen LogP) is 6.13. The van der Waals surface area contributed by atoms with Crippen LogP contribution in [0, 0.1) is 0 Å². The van der Waals surface area contributed by atoms with Crippen molar-refractivity contribution in [2.24, 2.45) is 0 Å². The maximum Gasteiger partial charge on any atom is 0.321 e. The molecule has 0 bridgehead atoms. The molecule has 0 saturated carbocycles. The highest BCUT2D eigenvalue weighted by atomic mass is 35.5. The summed E-state index contributed by atoms with van der Waals surface area (Å²) in [4.78, 5) is 19.6. The fourth-order valence-electron chi connectivity index (χ4n) is 5.34. The molecule has 5 aromatic carbocycles. The molecule has 0 radical (unpaired) electrons. The van der Waals surface area contributed by atoms with E-state index in [0.717, 1.165) is 22.3 Å². The average molecular weight is 605 g/mol. The standard InChI is InChI=1S/C35H29ClN4O4/c36-29-18-21-31-33(23-29)40(39-38-31)44-24-43-30-19-16-25(17-20-30)22-32(34(41)42)37-35(26-10-4-1-5-11-26,27-12-6-2-7-13-27)28-14-8-3-9-15-28/h1-21,23,32,37H,22,24H2,(H,41,42)/t32-/m1/s1. The van der Waals surface area contributed by atoms with Gasteiger partial charge in [0.25, 0.3) is 6.79 Å². The number of carboxylic acid groups (broad SMARTS) is 1. The Morgan fingerprint density at radius 2 is 1.39 bits per heavy atom. The third kappa shape index (κ3) is 6.13. The molecule has 1 atom stereocenters. The van der Waals surface area contributed by atoms with E-state index in [9.17, 15) is 9.90 Å². The van der Waals surface area contributed by atoms with Gasteiger partial charge in [0.1, 0.15) is 22.8 Å². The van der Waals surface area contributed by atoms with Crippen molar-refractivity contribution in [2.75, 3.05) is 6.79 Å². The van der Waals surface area contributed by atoms with E-state index >= 15 is 0 Å². The lowest BCUT2D eigenvalue weighted by Crippen LogP contribution is -2.53. The maximum absolute atomic E-state index is 12.8. The first-order valence-corrected chi connectivity index (χ1v) is 14.4. The number of hydrogen-bond acceptors (Lipinski definition) is 6. The molecule has 0 unspecified atom stereocenters. The van der Waals surface area contributed by atoms with E-state index in [1.807, 2.05) is 103 Å². The number of benzene rings is 5. The summed E-state index contributed by atoms with van der Waals surface area (Å²) in [6, 6.07) is 41.4. The number of fused-ring (bicyclic) bond motifs is 1. The fourth-order valence-corrected chi connectivity index (χ4v) is 5.51. The van der Waals surface area contributed by atoms with Gasteiger partial charge in [-0.2, -0.15) is 0 Å². The van der Waals surface area contributed by atoms with E-state index < -0.39 is 17.6 Å². The summed E-state index contributed by atoms with van der Waals surface area (Å²) in [5.74, 6) is -0.394. The number of halogens is 1. The van der Waals surface area contributed by atoms with Gasteiger partial charge in [-0.15, -0.1) is 5.10 Å². The van der Waals surface area contributed by atoms with Gasteiger partial charge in [-0.25, -0.2) is 0 Å². The molecule has 220 valence electrons. The third-order valence-electron chi connectivity index (χ3n) is 7.45. The molecule has 1 heterocycles. The molecule has 0 spiro atoms. The average Bonchev–Trinajstić information content (AvgIpc) is 3.46. The summed E-state index contributed by atoms with van der Waals surface area (Å²) in [5.41, 5.74) is 4.01. The van der Waals surface area contributed by atoms with Crippen molar-refractivity contribution >= 4 is 28.6 Å². The molecule has 0 aliphatic rings. The van der Waals surface area contributed by atoms with Gasteiger partial charge in [0.15, 0.2) is 0 Å². The Labute approximate surface area is 259 Å². The molecule has 2 N–H and O–H groups in total. The molecule has 1 aromatic heterocycles. The third-order valence-corrected chi connectivity index (χ3v) is 7.69. The Bertz CT molecular complexity index is 1740. The first-order valence-electron chi connectivity index (χ1n) is 14.1. The van der Waals surface area contributed by atoms with Crippen LogP contribution in [0.4, 0.5) is 0 Å². The SMILES string of the molecule is O=C(O)[C@@H](Cc1ccc(OCOn2nnc3ccc(Cl)cc32)cc1)NC(c1ccccc1)(c1ccccc1)c1ccccc1. The topological polar surface area (TPSA) is 98.5 Å². The second kappa shape index (κ2) is 13.0. The molecule has 0 aliphatic heterocycles. The van der Waals surface area contributed by atoms with Gasteiger partial charge in [0.2, 0.25) is 0 Å². The first-order chi connectivity index (χ1) is 21.5. The Morgan fingerprint density at radius 3 is 1.93 bits per heavy atom. The monoisotopic (exact) mass is 604 g/mol. The molecule has 6 rings (SSSR count). The number of carbonyl (C=O) groups is 1. The summed E-state index contributed by atoms with van der Waals surface area (Å²) >= 11 is 6.08. The van der Waals surface area contributed by atoms with Crippen molar-refractivity contribution < 1.29 is 19.5 Å². The van der Waals surface area contributed by atoms with Crippen LogP contribution in [0.25, 0.3) is 11.0 Å². The van der Waals surface area contributed by atoms with Crippen molar-refractivity contribution in [3.63, 3.8) is 0 Å². The number of nitrogens with zero attached hydrogens (tertiary/aromatic N) is 3. The van der Waals surface area contributed by atoms with Crippen LogP contribution < -0.4 is 14.9 Å². The van der Waals surface area contributed by atoms with Crippen LogP contribution in [0.15, 0.2) is 133 Å². The summed E-state index contributed by atoms with van der Waals surface area (Å²) in [6.07, 6.45) is 0.242. The summed E-state index contributed by atoms with van der Waals surface area (Å²) < 4.78 is 5.74. The second-order valence-corrected chi connectivity index (χ2v) is 10.7. The highest BCUT2D eigenvalue weighted by molar-refractivity contribution is 6.31. The van der Waals surface area contributed by atoms with Gasteiger partial charge in [-0.3, -0.25) is 10.1 Å². The summed E-state index contributed by atoms with van der Waals surface area (Å²) in [5, 5.41) is 22.6. The van der Waals surface area contributed by atoms with Crippen LogP contribution >= 0.6 is 11.6 Å². The molecule has 6 aromatic rings. The molecule has 0 saturated heterocycles. The Morgan fingerprint density at radius 1 is 0.818 bits per heavy atom. The minimum atomic E-state index is -0.953. The predicted molar refractivity (Wildman–Crippen MR) is 169 cm³/mol. The number of carboxylic acids is 1. The molecular formula is C35H29ClN4O4. The van der Waals surface area contributed by atoms with Gasteiger partial charge >= 0.3 is 5.97 Å². The van der Waals surface area contributed by atoms with Crippen LogP contribution in [0.1, 0.15) is 22.3 Å². The van der Waals surface area contributed by atoms with Crippen molar-refractivity contribution in [1.82, 2.24) is 20.5 Å². The Hall–Kier alpha value is -5.18. The normalized spacial score (nSPS) is 12.1. The number of rotatable bonds is 12. The summed E-state index contributed by atoms with van der Waals surface area (Å²) in [6.45, 7) is -0.114. The van der Waals surface area contributed by atoms with E-state index in [4.69, 9.17) is 21.2 Å². The number of ether oxygens (including phenoxy) is 1. The van der Waals surface area contributed by atoms with Crippen LogP contribution in [0.5, 0.6) is 5.75 Å². The zero-order valence-corrected chi connectivity index (χ0v) is 24.3. The highest BCUT2D eigenvalue weighted by Crippen LogP contribution is 2.37. The lowest BCUT2D eigenvalue weighted by atomic mass is 9.76. The van der Waals surface area contributed by atoms with Crippen LogP contribution in [-0.4, -0.2) is 39.1 Å².